The Kier molecular flexibility index (Phi) is 4.41. The summed E-state index contributed by atoms with van der Waals surface area (Å²) in [6, 6.07) is 0. The lowest BCUT2D eigenvalue weighted by Crippen LogP contribution is -2.45. The van der Waals surface area contributed by atoms with Crippen molar-refractivity contribution in [1.29, 1.82) is 0 Å². The number of hydrogen-bond donors (Lipinski definition) is 0. The van der Waals surface area contributed by atoms with Gasteiger partial charge in [-0.2, -0.15) is 0 Å². The SMILES string of the molecule is CC1CC2CC(C1)CC(C)(P(C(C)(C)C)C(C)(C)C)C2. The third-order valence-electron chi connectivity index (χ3n) is 5.48. The zero-order valence-electron chi connectivity index (χ0n) is 15.2. The zero-order valence-corrected chi connectivity index (χ0v) is 16.1. The first-order valence-electron chi connectivity index (χ1n) is 8.72. The average Bonchev–Trinajstić information content (AvgIpc) is 2.06. The maximum atomic E-state index is 2.66. The van der Waals surface area contributed by atoms with Crippen molar-refractivity contribution in [3.8, 4) is 0 Å². The molecule has 2 saturated carbocycles. The predicted octanol–water partition coefficient (Wildman–Crippen LogP) is 6.67. The summed E-state index contributed by atoms with van der Waals surface area (Å²) in [4.78, 5) is 0. The molecule has 0 aliphatic heterocycles. The molecule has 2 aliphatic carbocycles. The molecular weight excluding hydrogens is 259 g/mol. The fourth-order valence-electron chi connectivity index (χ4n) is 6.37. The fraction of sp³-hybridized carbons (Fsp3) is 1.00. The molecule has 2 unspecified atom stereocenters. The molecule has 0 N–H and O–H groups in total. The number of fused-ring (bicyclic) bond motifs is 2. The molecule has 118 valence electrons. The Labute approximate surface area is 129 Å². The first kappa shape index (κ1) is 16.8. The van der Waals surface area contributed by atoms with E-state index in [2.05, 4.69) is 55.4 Å². The van der Waals surface area contributed by atoms with Crippen molar-refractivity contribution >= 4 is 7.92 Å². The summed E-state index contributed by atoms with van der Waals surface area (Å²) < 4.78 is 0. The van der Waals surface area contributed by atoms with Crippen molar-refractivity contribution in [3.05, 3.63) is 0 Å². The lowest BCUT2D eigenvalue weighted by Gasteiger charge is -2.58. The lowest BCUT2D eigenvalue weighted by atomic mass is 9.65. The van der Waals surface area contributed by atoms with Gasteiger partial charge in [-0.1, -0.05) is 63.3 Å². The minimum absolute atomic E-state index is 0.0177. The predicted molar refractivity (Wildman–Crippen MR) is 94.1 cm³/mol. The quantitative estimate of drug-likeness (QED) is 0.474. The molecule has 2 aliphatic rings. The van der Waals surface area contributed by atoms with Crippen molar-refractivity contribution in [2.75, 3.05) is 0 Å². The smallest absolute Gasteiger partial charge is 0.0108 e. The monoisotopic (exact) mass is 296 g/mol. The standard InChI is InChI=1S/C19H37P/c1-14-9-15-11-16(10-14)13-19(8,12-15)20(17(2,3)4)18(5,6)7/h14-16H,9-13H2,1-8H3. The Morgan fingerprint density at radius 3 is 1.55 bits per heavy atom. The molecule has 0 aromatic rings. The van der Waals surface area contributed by atoms with E-state index in [4.69, 9.17) is 0 Å². The average molecular weight is 296 g/mol. The van der Waals surface area contributed by atoms with Crippen LogP contribution in [0.25, 0.3) is 0 Å². The van der Waals surface area contributed by atoms with Crippen molar-refractivity contribution in [3.63, 3.8) is 0 Å². The van der Waals surface area contributed by atoms with Crippen LogP contribution in [-0.2, 0) is 0 Å². The highest BCUT2D eigenvalue weighted by Crippen LogP contribution is 2.72. The van der Waals surface area contributed by atoms with Gasteiger partial charge in [0.1, 0.15) is 0 Å². The van der Waals surface area contributed by atoms with Gasteiger partial charge in [-0.3, -0.25) is 0 Å². The highest BCUT2D eigenvalue weighted by molar-refractivity contribution is 7.62. The fourth-order valence-corrected chi connectivity index (χ4v) is 12.5. The van der Waals surface area contributed by atoms with E-state index >= 15 is 0 Å². The first-order valence-corrected chi connectivity index (χ1v) is 10.1. The first-order chi connectivity index (χ1) is 8.92. The Morgan fingerprint density at radius 2 is 1.20 bits per heavy atom. The molecule has 2 bridgehead atoms. The van der Waals surface area contributed by atoms with Gasteiger partial charge in [0, 0.05) is 0 Å². The van der Waals surface area contributed by atoms with Crippen LogP contribution in [0.15, 0.2) is 0 Å². The van der Waals surface area contributed by atoms with Crippen molar-refractivity contribution in [2.45, 2.75) is 103 Å². The second kappa shape index (κ2) is 5.26. The molecule has 0 heterocycles. The van der Waals surface area contributed by atoms with E-state index in [9.17, 15) is 0 Å². The minimum atomic E-state index is 0.0177. The molecule has 0 amide bonds. The molecule has 0 saturated heterocycles. The van der Waals surface area contributed by atoms with Gasteiger partial charge in [0.15, 0.2) is 0 Å². The Balaban J connectivity index is 2.29. The van der Waals surface area contributed by atoms with Gasteiger partial charge in [0.25, 0.3) is 0 Å². The van der Waals surface area contributed by atoms with E-state index in [1.165, 1.54) is 32.1 Å². The van der Waals surface area contributed by atoms with Crippen LogP contribution >= 0.6 is 7.92 Å². The summed E-state index contributed by atoms with van der Waals surface area (Å²) in [5.74, 6) is 3.04. The molecular formula is C19H37P. The van der Waals surface area contributed by atoms with Crippen LogP contribution in [0.1, 0.15) is 87.5 Å². The second-order valence-corrected chi connectivity index (χ2v) is 14.6. The Hall–Kier alpha value is 0.430. The highest BCUT2D eigenvalue weighted by Gasteiger charge is 2.51. The van der Waals surface area contributed by atoms with E-state index in [0.717, 1.165) is 17.8 Å². The van der Waals surface area contributed by atoms with Gasteiger partial charge in [0.05, 0.1) is 0 Å². The van der Waals surface area contributed by atoms with Crippen LogP contribution in [-0.4, -0.2) is 15.5 Å². The largest absolute Gasteiger partial charge is 0.0895 e. The second-order valence-electron chi connectivity index (χ2n) is 10.1. The molecule has 2 atom stereocenters. The van der Waals surface area contributed by atoms with Gasteiger partial charge >= 0.3 is 0 Å². The molecule has 1 heteroatoms. The maximum Gasteiger partial charge on any atom is -0.0108 e. The van der Waals surface area contributed by atoms with Crippen molar-refractivity contribution in [2.24, 2.45) is 17.8 Å². The summed E-state index contributed by atoms with van der Waals surface area (Å²) in [6.07, 6.45) is 7.56. The van der Waals surface area contributed by atoms with Crippen LogP contribution < -0.4 is 0 Å². The summed E-state index contributed by atoms with van der Waals surface area (Å²) in [5, 5.41) is 1.55. The molecule has 0 nitrogen and oxygen atoms in total. The van der Waals surface area contributed by atoms with E-state index in [-0.39, 0.29) is 7.92 Å². The van der Waals surface area contributed by atoms with Gasteiger partial charge < -0.3 is 0 Å². The zero-order chi connectivity index (χ0) is 15.3. The normalized spacial score (nSPS) is 39.1. The summed E-state index contributed by atoms with van der Waals surface area (Å²) >= 11 is 0. The van der Waals surface area contributed by atoms with Crippen LogP contribution in [0.5, 0.6) is 0 Å². The highest BCUT2D eigenvalue weighted by atomic mass is 31.1. The Morgan fingerprint density at radius 1 is 0.800 bits per heavy atom. The van der Waals surface area contributed by atoms with E-state index in [1.54, 1.807) is 0 Å². The van der Waals surface area contributed by atoms with Gasteiger partial charge in [-0.05, 0) is 65.3 Å². The molecule has 20 heavy (non-hydrogen) atoms. The van der Waals surface area contributed by atoms with Crippen LogP contribution in [0.2, 0.25) is 0 Å². The lowest BCUT2D eigenvalue weighted by molar-refractivity contribution is 0.121. The summed E-state index contributed by atoms with van der Waals surface area (Å²) in [6.45, 7) is 20.2. The van der Waals surface area contributed by atoms with E-state index < -0.39 is 0 Å². The molecule has 2 rings (SSSR count). The van der Waals surface area contributed by atoms with Crippen LogP contribution in [0.3, 0.4) is 0 Å². The minimum Gasteiger partial charge on any atom is -0.0895 e. The third-order valence-corrected chi connectivity index (χ3v) is 9.60. The topological polar surface area (TPSA) is 0 Å². The van der Waals surface area contributed by atoms with Crippen molar-refractivity contribution in [1.82, 2.24) is 0 Å². The van der Waals surface area contributed by atoms with Gasteiger partial charge in [-0.15, -0.1) is 0 Å². The van der Waals surface area contributed by atoms with Crippen LogP contribution in [0, 0.1) is 17.8 Å². The number of rotatable bonds is 1. The molecule has 0 aromatic carbocycles. The van der Waals surface area contributed by atoms with Crippen LogP contribution in [0.4, 0.5) is 0 Å². The van der Waals surface area contributed by atoms with E-state index in [1.807, 2.05) is 0 Å². The molecule has 0 aromatic heterocycles. The van der Waals surface area contributed by atoms with E-state index in [0.29, 0.717) is 15.5 Å². The summed E-state index contributed by atoms with van der Waals surface area (Å²) in [7, 11) is 0.0177. The maximum absolute atomic E-state index is 2.66. The molecule has 2 fully saturated rings. The third kappa shape index (κ3) is 3.43. The Bertz CT molecular complexity index is 312. The van der Waals surface area contributed by atoms with Gasteiger partial charge in [0.2, 0.25) is 0 Å². The number of hydrogen-bond acceptors (Lipinski definition) is 0. The molecule has 0 radical (unpaired) electrons. The molecule has 0 spiro atoms. The van der Waals surface area contributed by atoms with Gasteiger partial charge in [-0.25, -0.2) is 0 Å². The van der Waals surface area contributed by atoms with Crippen molar-refractivity contribution < 1.29 is 0 Å². The summed E-state index contributed by atoms with van der Waals surface area (Å²) in [5.41, 5.74) is 0.